The third-order valence-corrected chi connectivity index (χ3v) is 4.56. The molecule has 2 atom stereocenters. The van der Waals surface area contributed by atoms with Gasteiger partial charge in [0.1, 0.15) is 0 Å². The number of Topliss-reactive ketones (excluding diaryl/α,β-unsaturated/α-hetero) is 1. The van der Waals surface area contributed by atoms with Crippen LogP contribution in [0.25, 0.3) is 0 Å². The zero-order valence-corrected chi connectivity index (χ0v) is 12.8. The topological polar surface area (TPSA) is 54.4 Å². The van der Waals surface area contributed by atoms with E-state index in [1.54, 1.807) is 0 Å². The molecule has 0 heterocycles. The number of rotatable bonds is 4. The number of carbonyl (C=O) groups is 2. The molecule has 1 aliphatic rings. The molecule has 0 spiro atoms. The fourth-order valence-corrected chi connectivity index (χ4v) is 3.13. The van der Waals surface area contributed by atoms with Gasteiger partial charge in [-0.15, -0.1) is 0 Å². The van der Waals surface area contributed by atoms with E-state index in [0.29, 0.717) is 18.4 Å². The molecule has 1 saturated carbocycles. The van der Waals surface area contributed by atoms with E-state index in [1.807, 2.05) is 24.3 Å². The molecule has 1 aromatic carbocycles. The van der Waals surface area contributed by atoms with Crippen molar-refractivity contribution in [1.82, 2.24) is 0 Å². The van der Waals surface area contributed by atoms with E-state index in [4.69, 9.17) is 0 Å². The van der Waals surface area contributed by atoms with E-state index in [9.17, 15) is 14.7 Å². The SMILES string of the molecule is O=C(C[C@H]1CCCC[C@H]1C(=O)O)c1ccc(I)cc1. The summed E-state index contributed by atoms with van der Waals surface area (Å²) in [5, 5.41) is 9.22. The second-order valence-corrected chi connectivity index (χ2v) is 6.37. The summed E-state index contributed by atoms with van der Waals surface area (Å²) >= 11 is 2.20. The van der Waals surface area contributed by atoms with Gasteiger partial charge in [0, 0.05) is 15.6 Å². The predicted octanol–water partition coefficient (Wildman–Crippen LogP) is 3.76. The van der Waals surface area contributed by atoms with Crippen LogP contribution in [-0.4, -0.2) is 16.9 Å². The van der Waals surface area contributed by atoms with Crippen LogP contribution in [-0.2, 0) is 4.79 Å². The Morgan fingerprint density at radius 1 is 1.16 bits per heavy atom. The Bertz CT molecular complexity index is 467. The highest BCUT2D eigenvalue weighted by Crippen LogP contribution is 2.33. The molecule has 0 amide bonds. The number of ketones is 1. The van der Waals surface area contributed by atoms with Crippen LogP contribution in [0, 0.1) is 15.4 Å². The largest absolute Gasteiger partial charge is 0.481 e. The molecule has 102 valence electrons. The van der Waals surface area contributed by atoms with Gasteiger partial charge in [-0.25, -0.2) is 0 Å². The molecule has 1 N–H and O–H groups in total. The first-order valence-corrected chi connectivity index (χ1v) is 7.67. The standard InChI is InChI=1S/C15H17IO3/c16-12-7-5-10(6-8-12)14(17)9-11-3-1-2-4-13(11)15(18)19/h5-8,11,13H,1-4,9H2,(H,18,19)/t11-,13-/m1/s1. The van der Waals surface area contributed by atoms with Gasteiger partial charge in [-0.05, 0) is 53.5 Å². The minimum atomic E-state index is -0.750. The number of carboxylic acids is 1. The second kappa shape index (κ2) is 6.50. The van der Waals surface area contributed by atoms with Crippen LogP contribution in [0.2, 0.25) is 0 Å². The molecule has 0 bridgehead atoms. The van der Waals surface area contributed by atoms with Crippen molar-refractivity contribution < 1.29 is 14.7 Å². The van der Waals surface area contributed by atoms with Crippen molar-refractivity contribution in [2.45, 2.75) is 32.1 Å². The molecule has 2 rings (SSSR count). The maximum absolute atomic E-state index is 12.2. The number of halogens is 1. The highest BCUT2D eigenvalue weighted by molar-refractivity contribution is 14.1. The lowest BCUT2D eigenvalue weighted by atomic mass is 9.76. The Morgan fingerprint density at radius 3 is 2.42 bits per heavy atom. The molecular weight excluding hydrogens is 355 g/mol. The van der Waals surface area contributed by atoms with Crippen LogP contribution in [0.4, 0.5) is 0 Å². The lowest BCUT2D eigenvalue weighted by molar-refractivity contribution is -0.144. The van der Waals surface area contributed by atoms with Gasteiger partial charge in [-0.2, -0.15) is 0 Å². The van der Waals surface area contributed by atoms with Crippen LogP contribution in [0.5, 0.6) is 0 Å². The van der Waals surface area contributed by atoms with E-state index in [0.717, 1.165) is 22.8 Å². The molecule has 1 fully saturated rings. The van der Waals surface area contributed by atoms with Gasteiger partial charge in [0.25, 0.3) is 0 Å². The lowest BCUT2D eigenvalue weighted by Crippen LogP contribution is -2.28. The van der Waals surface area contributed by atoms with Gasteiger partial charge >= 0.3 is 5.97 Å². The summed E-state index contributed by atoms with van der Waals surface area (Å²) in [6, 6.07) is 7.46. The number of hydrogen-bond acceptors (Lipinski definition) is 2. The lowest BCUT2D eigenvalue weighted by Gasteiger charge is -2.27. The third-order valence-electron chi connectivity index (χ3n) is 3.84. The van der Waals surface area contributed by atoms with Crippen molar-refractivity contribution in [3.05, 3.63) is 33.4 Å². The maximum atomic E-state index is 12.2. The Hall–Kier alpha value is -0.910. The van der Waals surface area contributed by atoms with Gasteiger partial charge in [0.05, 0.1) is 5.92 Å². The monoisotopic (exact) mass is 372 g/mol. The molecule has 1 aromatic rings. The van der Waals surface area contributed by atoms with Crippen LogP contribution in [0.1, 0.15) is 42.5 Å². The van der Waals surface area contributed by atoms with Crippen molar-refractivity contribution in [3.63, 3.8) is 0 Å². The molecule has 4 heteroatoms. The van der Waals surface area contributed by atoms with Gasteiger partial charge in [0.15, 0.2) is 5.78 Å². The second-order valence-electron chi connectivity index (χ2n) is 5.12. The molecule has 0 aliphatic heterocycles. The molecule has 1 aliphatic carbocycles. The van der Waals surface area contributed by atoms with Gasteiger partial charge in [0.2, 0.25) is 0 Å². The molecule has 0 aromatic heterocycles. The van der Waals surface area contributed by atoms with Crippen LogP contribution < -0.4 is 0 Å². The molecule has 0 radical (unpaired) electrons. The summed E-state index contributed by atoms with van der Waals surface area (Å²) < 4.78 is 1.09. The fourth-order valence-electron chi connectivity index (χ4n) is 2.77. The summed E-state index contributed by atoms with van der Waals surface area (Å²) in [6.07, 6.45) is 3.92. The summed E-state index contributed by atoms with van der Waals surface area (Å²) in [5.41, 5.74) is 0.690. The summed E-state index contributed by atoms with van der Waals surface area (Å²) in [5.74, 6) is -1.03. The minimum absolute atomic E-state index is 0.00183. The Morgan fingerprint density at radius 2 is 1.79 bits per heavy atom. The zero-order chi connectivity index (χ0) is 13.8. The zero-order valence-electron chi connectivity index (χ0n) is 10.6. The van der Waals surface area contributed by atoms with Crippen molar-refractivity contribution in [3.8, 4) is 0 Å². The summed E-state index contributed by atoms with van der Waals surface area (Å²) in [4.78, 5) is 23.4. The van der Waals surface area contributed by atoms with E-state index in [1.165, 1.54) is 0 Å². The van der Waals surface area contributed by atoms with Gasteiger partial charge in [-0.1, -0.05) is 25.0 Å². The maximum Gasteiger partial charge on any atom is 0.306 e. The van der Waals surface area contributed by atoms with E-state index in [2.05, 4.69) is 22.6 Å². The van der Waals surface area contributed by atoms with Crippen LogP contribution >= 0.6 is 22.6 Å². The molecule has 0 saturated heterocycles. The highest BCUT2D eigenvalue weighted by Gasteiger charge is 2.32. The third kappa shape index (κ3) is 3.78. The van der Waals surface area contributed by atoms with Crippen molar-refractivity contribution in [2.24, 2.45) is 11.8 Å². The average Bonchev–Trinajstić information content (AvgIpc) is 2.39. The Kier molecular flexibility index (Phi) is 4.96. The fraction of sp³-hybridized carbons (Fsp3) is 0.467. The molecule has 3 nitrogen and oxygen atoms in total. The smallest absolute Gasteiger partial charge is 0.306 e. The normalized spacial score (nSPS) is 23.0. The van der Waals surface area contributed by atoms with Gasteiger partial charge < -0.3 is 5.11 Å². The minimum Gasteiger partial charge on any atom is -0.481 e. The predicted molar refractivity (Wildman–Crippen MR) is 81.2 cm³/mol. The Balaban J connectivity index is 2.04. The van der Waals surface area contributed by atoms with Crippen molar-refractivity contribution in [1.29, 1.82) is 0 Å². The van der Waals surface area contributed by atoms with Gasteiger partial charge in [-0.3, -0.25) is 9.59 Å². The summed E-state index contributed by atoms with van der Waals surface area (Å²) in [7, 11) is 0. The summed E-state index contributed by atoms with van der Waals surface area (Å²) in [6.45, 7) is 0. The number of carboxylic acid groups (broad SMARTS) is 1. The first-order valence-electron chi connectivity index (χ1n) is 6.59. The molecule has 0 unspecified atom stereocenters. The van der Waals surface area contributed by atoms with Crippen molar-refractivity contribution >= 4 is 34.3 Å². The quantitative estimate of drug-likeness (QED) is 0.647. The number of benzene rings is 1. The van der Waals surface area contributed by atoms with Crippen LogP contribution in [0.15, 0.2) is 24.3 Å². The van der Waals surface area contributed by atoms with Crippen molar-refractivity contribution in [2.75, 3.05) is 0 Å². The number of hydrogen-bond donors (Lipinski definition) is 1. The number of aliphatic carboxylic acids is 1. The van der Waals surface area contributed by atoms with E-state index in [-0.39, 0.29) is 17.6 Å². The Labute approximate surface area is 126 Å². The molecule has 19 heavy (non-hydrogen) atoms. The average molecular weight is 372 g/mol. The van der Waals surface area contributed by atoms with Crippen LogP contribution in [0.3, 0.4) is 0 Å². The number of carbonyl (C=O) groups excluding carboxylic acids is 1. The van der Waals surface area contributed by atoms with E-state index >= 15 is 0 Å². The first kappa shape index (κ1) is 14.5. The molecular formula is C15H17IO3. The first-order chi connectivity index (χ1) is 9.08. The van der Waals surface area contributed by atoms with E-state index < -0.39 is 5.97 Å². The highest BCUT2D eigenvalue weighted by atomic mass is 127.